The van der Waals surface area contributed by atoms with Crippen LogP contribution in [0.3, 0.4) is 0 Å². The van der Waals surface area contributed by atoms with Crippen molar-refractivity contribution in [3.63, 3.8) is 0 Å². The van der Waals surface area contributed by atoms with Crippen LogP contribution in [0.2, 0.25) is 0 Å². The first-order valence-electron chi connectivity index (χ1n) is 5.22. The summed E-state index contributed by atoms with van der Waals surface area (Å²) in [6, 6.07) is 0. The van der Waals surface area contributed by atoms with Crippen LogP contribution in [0.1, 0.15) is 19.8 Å². The van der Waals surface area contributed by atoms with E-state index >= 15 is 0 Å². The Morgan fingerprint density at radius 3 is 2.67 bits per heavy atom. The van der Waals surface area contributed by atoms with Gasteiger partial charge < -0.3 is 4.74 Å². The first-order valence-corrected chi connectivity index (χ1v) is 6.72. The predicted octanol–water partition coefficient (Wildman–Crippen LogP) is 0.961. The van der Waals surface area contributed by atoms with Gasteiger partial charge in [0.1, 0.15) is 0 Å². The van der Waals surface area contributed by atoms with Gasteiger partial charge in [0.05, 0.1) is 12.7 Å². The molecule has 2 heterocycles. The van der Waals surface area contributed by atoms with E-state index < -0.39 is 10.0 Å². The molecule has 0 N–H and O–H groups in total. The Labute approximate surface area is 91.0 Å². The van der Waals surface area contributed by atoms with Crippen LogP contribution in [0.5, 0.6) is 0 Å². The molecule has 4 nitrogen and oxygen atoms in total. The van der Waals surface area contributed by atoms with E-state index in [0.717, 1.165) is 18.2 Å². The molecule has 0 saturated carbocycles. The molecule has 0 aromatic heterocycles. The average Bonchev–Trinajstić information content (AvgIpc) is 2.16. The van der Waals surface area contributed by atoms with Crippen LogP contribution < -0.4 is 0 Å². The topological polar surface area (TPSA) is 46.6 Å². The molecular weight excluding hydrogens is 214 g/mol. The minimum atomic E-state index is -3.21. The summed E-state index contributed by atoms with van der Waals surface area (Å²) < 4.78 is 29.9. The zero-order valence-electron chi connectivity index (χ0n) is 8.98. The quantitative estimate of drug-likeness (QED) is 0.711. The summed E-state index contributed by atoms with van der Waals surface area (Å²) in [4.78, 5) is 0. The van der Waals surface area contributed by atoms with E-state index in [1.807, 2.05) is 0 Å². The van der Waals surface area contributed by atoms with Crippen molar-refractivity contribution in [3.05, 3.63) is 12.0 Å². The highest BCUT2D eigenvalue weighted by Crippen LogP contribution is 2.40. The maximum atomic E-state index is 11.4. The summed E-state index contributed by atoms with van der Waals surface area (Å²) in [7, 11) is -3.21. The highest BCUT2D eigenvalue weighted by molar-refractivity contribution is 7.92. The lowest BCUT2D eigenvalue weighted by molar-refractivity contribution is -0.102. The molecule has 0 radical (unpaired) electrons. The van der Waals surface area contributed by atoms with Crippen LogP contribution in [0.4, 0.5) is 0 Å². The molecule has 2 aliphatic rings. The molecule has 15 heavy (non-hydrogen) atoms. The Hall–Kier alpha value is -0.390. The molecule has 5 heteroatoms. The Morgan fingerprint density at radius 2 is 2.20 bits per heavy atom. The third-order valence-corrected chi connectivity index (χ3v) is 4.75. The van der Waals surface area contributed by atoms with Crippen molar-refractivity contribution in [1.82, 2.24) is 4.31 Å². The van der Waals surface area contributed by atoms with Crippen molar-refractivity contribution in [1.29, 1.82) is 0 Å². The van der Waals surface area contributed by atoms with Crippen molar-refractivity contribution in [3.8, 4) is 0 Å². The molecule has 0 bridgehead atoms. The maximum Gasteiger partial charge on any atom is 0.235 e. The number of sulfonamides is 1. The summed E-state index contributed by atoms with van der Waals surface area (Å²) in [6.07, 6.45) is 2.42. The lowest BCUT2D eigenvalue weighted by Crippen LogP contribution is -2.61. The Balaban J connectivity index is 1.95. The van der Waals surface area contributed by atoms with Crippen LogP contribution in [-0.4, -0.2) is 38.5 Å². The molecule has 0 aromatic rings. The maximum absolute atomic E-state index is 11.4. The lowest BCUT2D eigenvalue weighted by atomic mass is 9.76. The highest BCUT2D eigenvalue weighted by atomic mass is 32.2. The van der Waals surface area contributed by atoms with Crippen LogP contribution >= 0.6 is 0 Å². The fraction of sp³-hybridized carbons (Fsp3) is 0.800. The SMILES string of the molecule is C=CS(=O)(=O)N1CC2(CCC(C)OC2)C1. The van der Waals surface area contributed by atoms with E-state index in [9.17, 15) is 8.42 Å². The molecule has 2 aliphatic heterocycles. The standard InChI is InChI=1S/C10H17NO3S/c1-3-15(12,13)11-6-10(7-11)5-4-9(2)14-8-10/h3,9H,1,4-8H2,2H3. The second-order valence-corrected chi connectivity index (χ2v) is 6.52. The van der Waals surface area contributed by atoms with Gasteiger partial charge in [-0.05, 0) is 19.8 Å². The fourth-order valence-electron chi connectivity index (χ4n) is 2.22. The highest BCUT2D eigenvalue weighted by Gasteiger charge is 2.48. The van der Waals surface area contributed by atoms with Crippen LogP contribution in [-0.2, 0) is 14.8 Å². The van der Waals surface area contributed by atoms with Gasteiger partial charge in [-0.25, -0.2) is 8.42 Å². The third kappa shape index (κ3) is 1.96. The van der Waals surface area contributed by atoms with Gasteiger partial charge >= 0.3 is 0 Å². The van der Waals surface area contributed by atoms with Crippen molar-refractivity contribution < 1.29 is 13.2 Å². The van der Waals surface area contributed by atoms with Gasteiger partial charge in [0.15, 0.2) is 0 Å². The summed E-state index contributed by atoms with van der Waals surface area (Å²) in [5.41, 5.74) is 0.0859. The first kappa shape index (κ1) is 11.1. The second kappa shape index (κ2) is 3.57. The summed E-state index contributed by atoms with van der Waals surface area (Å²) in [5.74, 6) is 0. The largest absolute Gasteiger partial charge is 0.378 e. The minimum absolute atomic E-state index is 0.0859. The van der Waals surface area contributed by atoms with E-state index in [1.165, 1.54) is 4.31 Å². The molecule has 1 unspecified atom stereocenters. The summed E-state index contributed by atoms with van der Waals surface area (Å²) in [6.45, 7) is 7.25. The Bertz CT molecular complexity index is 347. The molecule has 2 fully saturated rings. The lowest BCUT2D eigenvalue weighted by Gasteiger charge is -2.51. The smallest absolute Gasteiger partial charge is 0.235 e. The zero-order chi connectivity index (χ0) is 11.1. The van der Waals surface area contributed by atoms with Gasteiger partial charge in [-0.15, -0.1) is 0 Å². The van der Waals surface area contributed by atoms with Gasteiger partial charge in [-0.2, -0.15) is 4.31 Å². The average molecular weight is 231 g/mol. The van der Waals surface area contributed by atoms with E-state index in [-0.39, 0.29) is 5.41 Å². The number of rotatable bonds is 2. The first-order chi connectivity index (χ1) is 6.97. The molecule has 0 amide bonds. The molecular formula is C10H17NO3S. The van der Waals surface area contributed by atoms with Crippen molar-refractivity contribution in [2.45, 2.75) is 25.9 Å². The number of nitrogens with zero attached hydrogens (tertiary/aromatic N) is 1. The number of hydrogen-bond acceptors (Lipinski definition) is 3. The fourth-order valence-corrected chi connectivity index (χ4v) is 3.34. The third-order valence-electron chi connectivity index (χ3n) is 3.35. The Kier molecular flexibility index (Phi) is 2.65. The number of ether oxygens (including phenoxy) is 1. The zero-order valence-corrected chi connectivity index (χ0v) is 9.79. The molecule has 86 valence electrons. The summed E-state index contributed by atoms with van der Waals surface area (Å²) in [5, 5.41) is 1.02. The monoisotopic (exact) mass is 231 g/mol. The van der Waals surface area contributed by atoms with E-state index in [1.54, 1.807) is 0 Å². The van der Waals surface area contributed by atoms with E-state index in [2.05, 4.69) is 13.5 Å². The number of hydrogen-bond donors (Lipinski definition) is 0. The van der Waals surface area contributed by atoms with Gasteiger partial charge in [0.2, 0.25) is 10.0 Å². The second-order valence-electron chi connectivity index (χ2n) is 4.64. The minimum Gasteiger partial charge on any atom is -0.378 e. The molecule has 1 atom stereocenters. The van der Waals surface area contributed by atoms with Crippen LogP contribution in [0, 0.1) is 5.41 Å². The molecule has 2 rings (SSSR count). The van der Waals surface area contributed by atoms with Gasteiger partial charge in [0.25, 0.3) is 0 Å². The van der Waals surface area contributed by atoms with Crippen LogP contribution in [0.25, 0.3) is 0 Å². The molecule has 0 aromatic carbocycles. The van der Waals surface area contributed by atoms with Crippen molar-refractivity contribution >= 4 is 10.0 Å². The molecule has 2 saturated heterocycles. The normalized spacial score (nSPS) is 31.1. The molecule has 1 spiro atoms. The van der Waals surface area contributed by atoms with Crippen molar-refractivity contribution in [2.24, 2.45) is 5.41 Å². The van der Waals surface area contributed by atoms with Gasteiger partial charge in [-0.1, -0.05) is 6.58 Å². The summed E-state index contributed by atoms with van der Waals surface area (Å²) >= 11 is 0. The van der Waals surface area contributed by atoms with Crippen molar-refractivity contribution in [2.75, 3.05) is 19.7 Å². The Morgan fingerprint density at radius 1 is 1.53 bits per heavy atom. The van der Waals surface area contributed by atoms with Gasteiger partial charge in [0, 0.05) is 23.9 Å². The van der Waals surface area contributed by atoms with Crippen LogP contribution in [0.15, 0.2) is 12.0 Å². The van der Waals surface area contributed by atoms with E-state index in [0.29, 0.717) is 25.8 Å². The van der Waals surface area contributed by atoms with E-state index in [4.69, 9.17) is 4.74 Å². The molecule has 0 aliphatic carbocycles. The predicted molar refractivity (Wildman–Crippen MR) is 57.8 cm³/mol. The van der Waals surface area contributed by atoms with Gasteiger partial charge in [-0.3, -0.25) is 0 Å².